The molecule has 196 valence electrons. The first-order chi connectivity index (χ1) is 17.3. The molecule has 6 nitrogen and oxygen atoms in total. The van der Waals surface area contributed by atoms with Crippen LogP contribution < -0.4 is 4.90 Å². The van der Waals surface area contributed by atoms with Crippen LogP contribution in [0.4, 0.5) is 14.6 Å². The molecule has 37 heavy (non-hydrogen) atoms. The molecule has 2 aromatic carbocycles. The summed E-state index contributed by atoms with van der Waals surface area (Å²) in [4.78, 5) is 17.7. The fraction of sp³-hybridized carbons (Fsp3) is 0.393. The molecule has 9 heteroatoms. The van der Waals surface area contributed by atoms with E-state index in [9.17, 15) is 18.7 Å². The number of halogens is 3. The van der Waals surface area contributed by atoms with Gasteiger partial charge in [-0.15, -0.1) is 17.5 Å². The summed E-state index contributed by atoms with van der Waals surface area (Å²) in [6, 6.07) is 16.7. The summed E-state index contributed by atoms with van der Waals surface area (Å²) in [7, 11) is 0. The summed E-state index contributed by atoms with van der Waals surface area (Å²) in [5.74, 6) is -2.21. The molecule has 2 aliphatic rings. The zero-order valence-corrected chi connectivity index (χ0v) is 21.6. The van der Waals surface area contributed by atoms with Gasteiger partial charge in [0, 0.05) is 56.2 Å². The number of aliphatic hydroxyl groups is 1. The zero-order valence-electron chi connectivity index (χ0n) is 20.8. The van der Waals surface area contributed by atoms with E-state index in [0.29, 0.717) is 37.6 Å². The molecule has 0 saturated carbocycles. The normalized spacial score (nSPS) is 27.6. The number of nitrogens with zero attached hydrogens (tertiary/aromatic N) is 4. The number of hydrogen-bond acceptors (Lipinski definition) is 5. The van der Waals surface area contributed by atoms with Crippen LogP contribution in [0.1, 0.15) is 30.9 Å². The van der Waals surface area contributed by atoms with E-state index in [1.165, 1.54) is 12.1 Å². The number of carbonyl (C=O) groups is 1. The molecule has 2 fully saturated rings. The number of anilines is 1. The maximum absolute atomic E-state index is 14.9. The molecular formula is C28H31ClF2N4O2. The minimum atomic E-state index is -1.05. The number of piperidine rings is 1. The third-order valence-corrected chi connectivity index (χ3v) is 7.92. The Kier molecular flexibility index (Phi) is 7.80. The van der Waals surface area contributed by atoms with Gasteiger partial charge in [0.25, 0.3) is 0 Å². The van der Waals surface area contributed by atoms with Crippen molar-refractivity contribution in [3.63, 3.8) is 0 Å². The topological polar surface area (TPSA) is 69.6 Å². The third kappa shape index (κ3) is 4.92. The second kappa shape index (κ2) is 10.7. The average molecular weight is 529 g/mol. The van der Waals surface area contributed by atoms with E-state index in [2.05, 4.69) is 10.2 Å². The number of likely N-dealkylation sites (tertiary alicyclic amines) is 1. The van der Waals surface area contributed by atoms with Crippen LogP contribution in [0, 0.1) is 29.4 Å². The van der Waals surface area contributed by atoms with Crippen LogP contribution in [0.25, 0.3) is 0 Å². The Balaban J connectivity index is 0.00000320. The van der Waals surface area contributed by atoms with Gasteiger partial charge < -0.3 is 14.9 Å². The number of carbonyl (C=O) groups excluding carboxylic acids is 1. The lowest BCUT2D eigenvalue weighted by atomic mass is 9.70. The van der Waals surface area contributed by atoms with Gasteiger partial charge in [0.2, 0.25) is 5.91 Å². The molecule has 0 spiro atoms. The van der Waals surface area contributed by atoms with Gasteiger partial charge in [-0.3, -0.25) is 4.79 Å². The smallest absolute Gasteiger partial charge is 0.228 e. The van der Waals surface area contributed by atoms with Gasteiger partial charge in [-0.1, -0.05) is 50.2 Å². The quantitative estimate of drug-likeness (QED) is 0.543. The fourth-order valence-electron chi connectivity index (χ4n) is 6.01. The zero-order chi connectivity index (χ0) is 25.4. The molecule has 2 saturated heterocycles. The predicted molar refractivity (Wildman–Crippen MR) is 139 cm³/mol. The monoisotopic (exact) mass is 528 g/mol. The van der Waals surface area contributed by atoms with Crippen LogP contribution in [0.5, 0.6) is 0 Å². The number of amides is 1. The van der Waals surface area contributed by atoms with Crippen molar-refractivity contribution in [2.75, 3.05) is 31.1 Å². The molecule has 0 aliphatic carbocycles. The van der Waals surface area contributed by atoms with E-state index in [1.807, 2.05) is 55.1 Å². The van der Waals surface area contributed by atoms with Crippen LogP contribution in [0.15, 0.2) is 66.9 Å². The summed E-state index contributed by atoms with van der Waals surface area (Å²) >= 11 is 0. The van der Waals surface area contributed by atoms with Crippen molar-refractivity contribution >= 4 is 24.1 Å². The molecule has 5 atom stereocenters. The molecule has 1 aromatic heterocycles. The predicted octanol–water partition coefficient (Wildman–Crippen LogP) is 4.40. The summed E-state index contributed by atoms with van der Waals surface area (Å²) in [6.45, 7) is 5.40. The molecule has 3 heterocycles. The third-order valence-electron chi connectivity index (χ3n) is 7.92. The summed E-state index contributed by atoms with van der Waals surface area (Å²) in [6.07, 6.45) is 1.57. The Labute approximate surface area is 221 Å². The molecular weight excluding hydrogens is 498 g/mol. The highest BCUT2D eigenvalue weighted by Gasteiger charge is 2.49. The highest BCUT2D eigenvalue weighted by atomic mass is 35.5. The Morgan fingerprint density at radius 1 is 0.973 bits per heavy atom. The van der Waals surface area contributed by atoms with Crippen molar-refractivity contribution in [3.8, 4) is 0 Å². The van der Waals surface area contributed by atoms with E-state index in [0.717, 1.165) is 11.6 Å². The van der Waals surface area contributed by atoms with Crippen LogP contribution >= 0.6 is 12.4 Å². The minimum absolute atomic E-state index is 0. The molecule has 1 unspecified atom stereocenters. The number of aromatic nitrogens is 2. The number of benzene rings is 2. The van der Waals surface area contributed by atoms with E-state index >= 15 is 0 Å². The van der Waals surface area contributed by atoms with Crippen molar-refractivity contribution in [1.82, 2.24) is 15.1 Å². The van der Waals surface area contributed by atoms with Gasteiger partial charge in [-0.05, 0) is 29.3 Å². The Morgan fingerprint density at radius 3 is 2.30 bits per heavy atom. The highest BCUT2D eigenvalue weighted by molar-refractivity contribution is 5.85. The lowest BCUT2D eigenvalue weighted by molar-refractivity contribution is -0.152. The Bertz CT molecular complexity index is 1220. The van der Waals surface area contributed by atoms with Gasteiger partial charge in [-0.2, -0.15) is 5.10 Å². The van der Waals surface area contributed by atoms with E-state index in [-0.39, 0.29) is 30.2 Å². The second-order valence-electron chi connectivity index (χ2n) is 10.1. The van der Waals surface area contributed by atoms with Crippen LogP contribution in [0.2, 0.25) is 0 Å². The van der Waals surface area contributed by atoms with Gasteiger partial charge >= 0.3 is 0 Å². The second-order valence-corrected chi connectivity index (χ2v) is 10.1. The summed E-state index contributed by atoms with van der Waals surface area (Å²) in [5.41, 5.74) is 0.111. The molecule has 0 bridgehead atoms. The average Bonchev–Trinajstić information content (AvgIpc) is 3.32. The van der Waals surface area contributed by atoms with E-state index in [4.69, 9.17) is 0 Å². The molecule has 0 radical (unpaired) electrons. The molecule has 1 N–H and O–H groups in total. The van der Waals surface area contributed by atoms with Gasteiger partial charge in [0.05, 0.1) is 11.5 Å². The standard InChI is InChI=1S/C28H30F2N4O2.ClH/c1-18-14-34(15-19(2)28(18,36)20-7-4-3-5-8-20)27(35)24-17-33(26-9-6-12-31-32-26)16-23(24)22-11-10-21(29)13-25(22)30;/h3-13,18-19,23-24,36H,14-17H2,1-2H3;1H/t18-,19+,23-,24+,28?;/m0./s1. The minimum Gasteiger partial charge on any atom is -0.384 e. The number of hydrogen-bond donors (Lipinski definition) is 1. The summed E-state index contributed by atoms with van der Waals surface area (Å²) < 4.78 is 28.5. The molecule has 5 rings (SSSR count). The largest absolute Gasteiger partial charge is 0.384 e. The Hall–Kier alpha value is -3.10. The van der Waals surface area contributed by atoms with Gasteiger partial charge in [0.15, 0.2) is 5.82 Å². The SMILES string of the molecule is C[C@@H]1CN(C(=O)[C@@H]2CN(c3cccnn3)C[C@H]2c2ccc(F)cc2F)C[C@H](C)C1(O)c1ccccc1.Cl. The fourth-order valence-corrected chi connectivity index (χ4v) is 6.01. The highest BCUT2D eigenvalue weighted by Crippen LogP contribution is 2.43. The van der Waals surface area contributed by atoms with Crippen molar-refractivity contribution in [2.45, 2.75) is 25.4 Å². The lowest BCUT2D eigenvalue weighted by Gasteiger charge is -2.48. The van der Waals surface area contributed by atoms with E-state index in [1.54, 1.807) is 17.2 Å². The van der Waals surface area contributed by atoms with E-state index < -0.39 is 29.1 Å². The first-order valence-electron chi connectivity index (χ1n) is 12.3. The lowest BCUT2D eigenvalue weighted by Crippen LogP contribution is -2.57. The first-order valence-corrected chi connectivity index (χ1v) is 12.3. The van der Waals surface area contributed by atoms with Crippen molar-refractivity contribution in [3.05, 3.63) is 89.6 Å². The maximum atomic E-state index is 14.9. The van der Waals surface area contributed by atoms with Crippen molar-refractivity contribution < 1.29 is 18.7 Å². The number of rotatable bonds is 4. The van der Waals surface area contributed by atoms with Crippen LogP contribution in [-0.2, 0) is 10.4 Å². The van der Waals surface area contributed by atoms with Gasteiger partial charge in [-0.25, -0.2) is 8.78 Å². The first kappa shape index (κ1) is 26.9. The Morgan fingerprint density at radius 2 is 1.68 bits per heavy atom. The van der Waals surface area contributed by atoms with Crippen LogP contribution in [0.3, 0.4) is 0 Å². The molecule has 1 amide bonds. The molecule has 3 aromatic rings. The molecule has 2 aliphatic heterocycles. The van der Waals surface area contributed by atoms with Crippen LogP contribution in [-0.4, -0.2) is 52.3 Å². The van der Waals surface area contributed by atoms with Crippen molar-refractivity contribution in [2.24, 2.45) is 17.8 Å². The van der Waals surface area contributed by atoms with Gasteiger partial charge in [0.1, 0.15) is 11.6 Å². The van der Waals surface area contributed by atoms with Crippen molar-refractivity contribution in [1.29, 1.82) is 0 Å². The maximum Gasteiger partial charge on any atom is 0.228 e. The summed E-state index contributed by atoms with van der Waals surface area (Å²) in [5, 5.41) is 19.8.